The van der Waals surface area contributed by atoms with Gasteiger partial charge < -0.3 is 9.42 Å². The molecule has 0 radical (unpaired) electrons. The number of amides is 1. The van der Waals surface area contributed by atoms with Crippen LogP contribution >= 0.6 is 0 Å². The van der Waals surface area contributed by atoms with Gasteiger partial charge in [0.15, 0.2) is 11.5 Å². The van der Waals surface area contributed by atoms with Gasteiger partial charge in [-0.05, 0) is 19.3 Å². The number of fused-ring (bicyclic) bond motifs is 1. The van der Waals surface area contributed by atoms with Crippen LogP contribution < -0.4 is 0 Å². The number of aromatic nitrogens is 4. The lowest BCUT2D eigenvalue weighted by Gasteiger charge is -2.27. The van der Waals surface area contributed by atoms with Crippen molar-refractivity contribution in [3.05, 3.63) is 17.1 Å². The van der Waals surface area contributed by atoms with Crippen LogP contribution in [0.5, 0.6) is 0 Å². The normalized spacial score (nSPS) is 17.4. The summed E-state index contributed by atoms with van der Waals surface area (Å²) in [4.78, 5) is 18.6. The van der Waals surface area contributed by atoms with Crippen molar-refractivity contribution >= 4 is 5.91 Å². The van der Waals surface area contributed by atoms with Crippen LogP contribution in [-0.4, -0.2) is 37.3 Å². The van der Waals surface area contributed by atoms with E-state index in [1.165, 1.54) is 0 Å². The standard InChI is InChI=1S/C16H21N5O2/c1-3-4-13(22)21-8-7-12-11(9-21)14(18-20(12)2)16-17-15(19-23-16)10-5-6-10/h10H,3-9H2,1-2H3. The van der Waals surface area contributed by atoms with Crippen molar-refractivity contribution in [3.8, 4) is 11.6 Å². The van der Waals surface area contributed by atoms with Crippen LogP contribution in [0.2, 0.25) is 0 Å². The molecule has 23 heavy (non-hydrogen) atoms. The summed E-state index contributed by atoms with van der Waals surface area (Å²) in [6.07, 6.45) is 4.56. The molecule has 7 heteroatoms. The predicted octanol–water partition coefficient (Wildman–Crippen LogP) is 2.03. The van der Waals surface area contributed by atoms with Crippen LogP contribution in [0.1, 0.15) is 55.6 Å². The van der Waals surface area contributed by atoms with Crippen LogP contribution in [0.25, 0.3) is 11.6 Å². The van der Waals surface area contributed by atoms with E-state index in [-0.39, 0.29) is 5.91 Å². The molecule has 0 saturated heterocycles. The second-order valence-electron chi connectivity index (χ2n) is 6.44. The molecule has 0 atom stereocenters. The zero-order valence-electron chi connectivity index (χ0n) is 13.6. The Kier molecular flexibility index (Phi) is 3.43. The van der Waals surface area contributed by atoms with Crippen molar-refractivity contribution in [2.75, 3.05) is 6.54 Å². The third kappa shape index (κ3) is 2.54. The molecule has 1 aliphatic carbocycles. The van der Waals surface area contributed by atoms with Crippen molar-refractivity contribution in [1.29, 1.82) is 0 Å². The largest absolute Gasteiger partial charge is 0.338 e. The summed E-state index contributed by atoms with van der Waals surface area (Å²) in [6.45, 7) is 3.36. The minimum atomic E-state index is 0.206. The molecule has 0 N–H and O–H groups in total. The van der Waals surface area contributed by atoms with Crippen LogP contribution in [-0.2, 0) is 24.8 Å². The number of hydrogen-bond donors (Lipinski definition) is 0. The Balaban J connectivity index is 1.65. The SMILES string of the molecule is CCCC(=O)N1CCc2c(c(-c3nc(C4CC4)no3)nn2C)C1. The number of rotatable bonds is 4. The van der Waals surface area contributed by atoms with E-state index in [0.717, 1.165) is 55.0 Å². The van der Waals surface area contributed by atoms with Crippen molar-refractivity contribution in [2.24, 2.45) is 7.05 Å². The molecule has 122 valence electrons. The number of hydrogen-bond acceptors (Lipinski definition) is 5. The van der Waals surface area contributed by atoms with Gasteiger partial charge >= 0.3 is 0 Å². The number of carbonyl (C=O) groups excluding carboxylic acids is 1. The van der Waals surface area contributed by atoms with E-state index < -0.39 is 0 Å². The fraction of sp³-hybridized carbons (Fsp3) is 0.625. The van der Waals surface area contributed by atoms with Crippen molar-refractivity contribution in [2.45, 2.75) is 51.5 Å². The first kappa shape index (κ1) is 14.4. The average molecular weight is 315 g/mol. The minimum absolute atomic E-state index is 0.206. The highest BCUT2D eigenvalue weighted by molar-refractivity contribution is 5.76. The third-order valence-corrected chi connectivity index (χ3v) is 4.65. The summed E-state index contributed by atoms with van der Waals surface area (Å²) in [5, 5.41) is 8.66. The molecule has 1 fully saturated rings. The first-order chi connectivity index (χ1) is 11.2. The van der Waals surface area contributed by atoms with Crippen molar-refractivity contribution in [3.63, 3.8) is 0 Å². The molecule has 0 unspecified atom stereocenters. The van der Waals surface area contributed by atoms with E-state index in [1.54, 1.807) is 0 Å². The van der Waals surface area contributed by atoms with Gasteiger partial charge in [0.05, 0.1) is 0 Å². The van der Waals surface area contributed by atoms with E-state index in [9.17, 15) is 4.79 Å². The average Bonchev–Trinajstić information content (AvgIpc) is 3.20. The minimum Gasteiger partial charge on any atom is -0.338 e. The van der Waals surface area contributed by atoms with E-state index >= 15 is 0 Å². The Morgan fingerprint density at radius 1 is 1.39 bits per heavy atom. The molecule has 7 nitrogen and oxygen atoms in total. The molecule has 2 aromatic heterocycles. The van der Waals surface area contributed by atoms with Gasteiger partial charge in [-0.1, -0.05) is 12.1 Å². The summed E-state index contributed by atoms with van der Waals surface area (Å²) in [7, 11) is 1.93. The lowest BCUT2D eigenvalue weighted by Crippen LogP contribution is -2.36. The van der Waals surface area contributed by atoms with Gasteiger partial charge in [-0.25, -0.2) is 0 Å². The van der Waals surface area contributed by atoms with Gasteiger partial charge in [-0.2, -0.15) is 10.1 Å². The molecular formula is C16H21N5O2. The summed E-state index contributed by atoms with van der Waals surface area (Å²) in [6, 6.07) is 0. The van der Waals surface area contributed by atoms with Gasteiger partial charge in [-0.15, -0.1) is 0 Å². The van der Waals surface area contributed by atoms with Crippen LogP contribution in [0.4, 0.5) is 0 Å². The first-order valence-corrected chi connectivity index (χ1v) is 8.34. The quantitative estimate of drug-likeness (QED) is 0.863. The topological polar surface area (TPSA) is 77.1 Å². The monoisotopic (exact) mass is 315 g/mol. The Morgan fingerprint density at radius 3 is 2.96 bits per heavy atom. The van der Waals surface area contributed by atoms with E-state index in [1.807, 2.05) is 23.6 Å². The smallest absolute Gasteiger partial charge is 0.278 e. The first-order valence-electron chi connectivity index (χ1n) is 8.34. The fourth-order valence-electron chi connectivity index (χ4n) is 3.19. The third-order valence-electron chi connectivity index (χ3n) is 4.65. The Bertz CT molecular complexity index is 744. The van der Waals surface area contributed by atoms with E-state index in [0.29, 0.717) is 24.8 Å². The Morgan fingerprint density at radius 2 is 2.22 bits per heavy atom. The highest BCUT2D eigenvalue weighted by atomic mass is 16.5. The predicted molar refractivity (Wildman–Crippen MR) is 82.5 cm³/mol. The van der Waals surface area contributed by atoms with Crippen molar-refractivity contribution < 1.29 is 9.32 Å². The number of aryl methyl sites for hydroxylation is 1. The maximum atomic E-state index is 12.2. The maximum absolute atomic E-state index is 12.2. The van der Waals surface area contributed by atoms with Crippen LogP contribution in [0.3, 0.4) is 0 Å². The summed E-state index contributed by atoms with van der Waals surface area (Å²) >= 11 is 0. The molecule has 1 aliphatic heterocycles. The molecule has 1 amide bonds. The number of carbonyl (C=O) groups is 1. The van der Waals surface area contributed by atoms with Gasteiger partial charge in [0.25, 0.3) is 5.89 Å². The molecule has 2 aliphatic rings. The van der Waals surface area contributed by atoms with E-state index in [2.05, 4.69) is 15.2 Å². The fourth-order valence-corrected chi connectivity index (χ4v) is 3.19. The maximum Gasteiger partial charge on any atom is 0.278 e. The zero-order chi connectivity index (χ0) is 16.0. The molecule has 2 aromatic rings. The van der Waals surface area contributed by atoms with Gasteiger partial charge in [0.2, 0.25) is 5.91 Å². The molecular weight excluding hydrogens is 294 g/mol. The molecule has 0 bridgehead atoms. The highest BCUT2D eigenvalue weighted by Crippen LogP contribution is 2.39. The second kappa shape index (κ2) is 5.47. The number of nitrogens with zero attached hydrogens (tertiary/aromatic N) is 5. The molecule has 3 heterocycles. The zero-order valence-corrected chi connectivity index (χ0v) is 13.6. The molecule has 0 spiro atoms. The van der Waals surface area contributed by atoms with Gasteiger partial charge in [-0.3, -0.25) is 9.48 Å². The van der Waals surface area contributed by atoms with Gasteiger partial charge in [0.1, 0.15) is 0 Å². The van der Waals surface area contributed by atoms with Crippen LogP contribution in [0.15, 0.2) is 4.52 Å². The Hall–Kier alpha value is -2.18. The lowest BCUT2D eigenvalue weighted by molar-refractivity contribution is -0.132. The summed E-state index contributed by atoms with van der Waals surface area (Å²) in [5.41, 5.74) is 2.94. The lowest BCUT2D eigenvalue weighted by atomic mass is 10.0. The highest BCUT2D eigenvalue weighted by Gasteiger charge is 2.32. The van der Waals surface area contributed by atoms with Gasteiger partial charge in [0, 0.05) is 50.2 Å². The summed E-state index contributed by atoms with van der Waals surface area (Å²) < 4.78 is 7.32. The Labute approximate surface area is 134 Å². The van der Waals surface area contributed by atoms with Crippen LogP contribution in [0, 0.1) is 0 Å². The molecule has 1 saturated carbocycles. The molecule has 4 rings (SSSR count). The summed E-state index contributed by atoms with van der Waals surface area (Å²) in [5.74, 6) is 1.93. The van der Waals surface area contributed by atoms with Crippen molar-refractivity contribution in [1.82, 2.24) is 24.8 Å². The van der Waals surface area contributed by atoms with E-state index in [4.69, 9.17) is 4.52 Å². The second-order valence-corrected chi connectivity index (χ2v) is 6.44. The molecule has 0 aromatic carbocycles.